The third-order valence-corrected chi connectivity index (χ3v) is 7.24. The van der Waals surface area contributed by atoms with Crippen LogP contribution < -0.4 is 25.4 Å². The molecule has 0 atom stereocenters. The second kappa shape index (κ2) is 9.02. The van der Waals surface area contributed by atoms with Gasteiger partial charge in [-0.25, -0.2) is 17.9 Å². The standard InChI is InChI=1S/C20H25F2N3O6S/c1-24-11-16(17(26)25(2)19(24)27)32(28,29)23-12-20(8-4-5-9-20)13-6-7-14(31-18(21)22)15(10-13)30-3/h6-7,10-11,18,23H,4-5,8-9,12H2,1-3H3. The molecule has 1 aliphatic carbocycles. The van der Waals surface area contributed by atoms with E-state index in [1.54, 1.807) is 12.1 Å². The van der Waals surface area contributed by atoms with Gasteiger partial charge in [-0.05, 0) is 30.5 Å². The zero-order valence-corrected chi connectivity index (χ0v) is 18.7. The van der Waals surface area contributed by atoms with Crippen molar-refractivity contribution in [3.63, 3.8) is 0 Å². The van der Waals surface area contributed by atoms with E-state index in [0.29, 0.717) is 18.4 Å². The summed E-state index contributed by atoms with van der Waals surface area (Å²) < 4.78 is 65.0. The number of ether oxygens (including phenoxy) is 2. The van der Waals surface area contributed by atoms with E-state index in [2.05, 4.69) is 9.46 Å². The Hall–Kier alpha value is -2.73. The number of methoxy groups -OCH3 is 1. The Morgan fingerprint density at radius 2 is 1.81 bits per heavy atom. The van der Waals surface area contributed by atoms with Crippen LogP contribution in [0.3, 0.4) is 0 Å². The Kier molecular flexibility index (Phi) is 6.75. The van der Waals surface area contributed by atoms with E-state index in [1.807, 2.05) is 0 Å². The molecule has 0 amide bonds. The van der Waals surface area contributed by atoms with Gasteiger partial charge in [0, 0.05) is 32.3 Å². The fourth-order valence-corrected chi connectivity index (χ4v) is 5.37. The van der Waals surface area contributed by atoms with Crippen LogP contribution in [0, 0.1) is 0 Å². The smallest absolute Gasteiger partial charge is 0.387 e. The SMILES string of the molecule is COc1cc(C2(CNS(=O)(=O)c3cn(C)c(=O)n(C)c3=O)CCCC2)ccc1OC(F)F. The van der Waals surface area contributed by atoms with Crippen LogP contribution in [-0.2, 0) is 29.5 Å². The molecule has 0 spiro atoms. The maximum atomic E-state index is 12.9. The van der Waals surface area contributed by atoms with Gasteiger partial charge >= 0.3 is 12.3 Å². The van der Waals surface area contributed by atoms with Crippen molar-refractivity contribution in [3.05, 3.63) is 50.8 Å². The summed E-state index contributed by atoms with van der Waals surface area (Å²) >= 11 is 0. The van der Waals surface area contributed by atoms with E-state index >= 15 is 0 Å². The number of hydrogen-bond donors (Lipinski definition) is 1. The molecule has 1 aromatic heterocycles. The van der Waals surface area contributed by atoms with Crippen LogP contribution in [0.2, 0.25) is 0 Å². The Morgan fingerprint density at radius 1 is 1.16 bits per heavy atom. The van der Waals surface area contributed by atoms with Crippen molar-refractivity contribution in [2.75, 3.05) is 13.7 Å². The number of aryl methyl sites for hydroxylation is 1. The molecule has 1 aliphatic rings. The van der Waals surface area contributed by atoms with Gasteiger partial charge in [-0.3, -0.25) is 9.36 Å². The van der Waals surface area contributed by atoms with Gasteiger partial charge in [-0.1, -0.05) is 18.9 Å². The first-order valence-electron chi connectivity index (χ1n) is 9.90. The van der Waals surface area contributed by atoms with Gasteiger partial charge in [-0.15, -0.1) is 0 Å². The molecule has 0 aliphatic heterocycles. The molecule has 0 radical (unpaired) electrons. The molecule has 9 nitrogen and oxygen atoms in total. The molecule has 1 fully saturated rings. The second-order valence-corrected chi connectivity index (χ2v) is 9.54. The van der Waals surface area contributed by atoms with Gasteiger partial charge in [0.15, 0.2) is 16.4 Å². The molecule has 3 rings (SSSR count). The number of benzene rings is 1. The van der Waals surface area contributed by atoms with Crippen molar-refractivity contribution in [2.24, 2.45) is 14.1 Å². The van der Waals surface area contributed by atoms with E-state index in [4.69, 9.17) is 4.74 Å². The predicted molar refractivity (Wildman–Crippen MR) is 112 cm³/mol. The maximum Gasteiger partial charge on any atom is 0.387 e. The molecular weight excluding hydrogens is 448 g/mol. The number of nitrogens with zero attached hydrogens (tertiary/aromatic N) is 2. The third kappa shape index (κ3) is 4.56. The van der Waals surface area contributed by atoms with Gasteiger partial charge in [0.25, 0.3) is 5.56 Å². The minimum atomic E-state index is -4.22. The summed E-state index contributed by atoms with van der Waals surface area (Å²) in [6.07, 6.45) is 3.99. The van der Waals surface area contributed by atoms with Gasteiger partial charge < -0.3 is 14.0 Å². The first-order chi connectivity index (χ1) is 15.0. The summed E-state index contributed by atoms with van der Waals surface area (Å²) in [5.41, 5.74) is -1.46. The second-order valence-electron chi connectivity index (χ2n) is 7.81. The fraction of sp³-hybridized carbons (Fsp3) is 0.500. The largest absolute Gasteiger partial charge is 0.493 e. The molecule has 2 aromatic rings. The van der Waals surface area contributed by atoms with E-state index < -0.39 is 38.2 Å². The quantitative estimate of drug-likeness (QED) is 0.622. The minimum Gasteiger partial charge on any atom is -0.493 e. The summed E-state index contributed by atoms with van der Waals surface area (Å²) in [7, 11) is -0.332. The van der Waals surface area contributed by atoms with Crippen LogP contribution in [0.4, 0.5) is 8.78 Å². The van der Waals surface area contributed by atoms with Crippen LogP contribution in [0.15, 0.2) is 38.9 Å². The average Bonchev–Trinajstić information content (AvgIpc) is 3.23. The Balaban J connectivity index is 1.94. The van der Waals surface area contributed by atoms with Crippen molar-refractivity contribution in [3.8, 4) is 11.5 Å². The fourth-order valence-electron chi connectivity index (χ4n) is 4.08. The Bertz CT molecular complexity index is 1220. The number of sulfonamides is 1. The highest BCUT2D eigenvalue weighted by Crippen LogP contribution is 2.43. The number of nitrogens with one attached hydrogen (secondary N) is 1. The number of hydrogen-bond acceptors (Lipinski definition) is 6. The number of alkyl halides is 2. The summed E-state index contributed by atoms with van der Waals surface area (Å²) in [6, 6.07) is 4.56. The molecule has 0 bridgehead atoms. The highest BCUT2D eigenvalue weighted by molar-refractivity contribution is 7.89. The lowest BCUT2D eigenvalue weighted by atomic mass is 9.79. The summed E-state index contributed by atoms with van der Waals surface area (Å²) in [5.74, 6) is -0.00228. The van der Waals surface area contributed by atoms with Crippen molar-refractivity contribution in [2.45, 2.75) is 42.6 Å². The van der Waals surface area contributed by atoms with Crippen LogP contribution in [0.25, 0.3) is 0 Å². The normalized spacial score (nSPS) is 15.8. The van der Waals surface area contributed by atoms with Crippen LogP contribution >= 0.6 is 0 Å². The van der Waals surface area contributed by atoms with E-state index in [9.17, 15) is 26.8 Å². The zero-order valence-electron chi connectivity index (χ0n) is 17.9. The van der Waals surface area contributed by atoms with Gasteiger partial charge in [-0.2, -0.15) is 8.78 Å². The van der Waals surface area contributed by atoms with Crippen molar-refractivity contribution in [1.82, 2.24) is 13.9 Å². The number of rotatable bonds is 8. The third-order valence-electron chi connectivity index (χ3n) is 5.86. The molecule has 12 heteroatoms. The Morgan fingerprint density at radius 3 is 2.41 bits per heavy atom. The van der Waals surface area contributed by atoms with Crippen LogP contribution in [-0.4, -0.2) is 37.8 Å². The maximum absolute atomic E-state index is 12.9. The summed E-state index contributed by atoms with van der Waals surface area (Å²) in [6.45, 7) is -3.02. The first-order valence-corrected chi connectivity index (χ1v) is 11.4. The summed E-state index contributed by atoms with van der Waals surface area (Å²) in [5, 5.41) is 0. The van der Waals surface area contributed by atoms with Crippen molar-refractivity contribution < 1.29 is 26.7 Å². The average molecular weight is 473 g/mol. The minimum absolute atomic E-state index is 0.0144. The topological polar surface area (TPSA) is 109 Å². The Labute approximate surface area is 183 Å². The number of halogens is 2. The molecule has 176 valence electrons. The highest BCUT2D eigenvalue weighted by Gasteiger charge is 2.38. The zero-order chi connectivity index (χ0) is 23.7. The van der Waals surface area contributed by atoms with Crippen molar-refractivity contribution in [1.29, 1.82) is 0 Å². The van der Waals surface area contributed by atoms with Gasteiger partial charge in [0.2, 0.25) is 10.0 Å². The van der Waals surface area contributed by atoms with E-state index in [-0.39, 0.29) is 18.0 Å². The number of aromatic nitrogens is 2. The van der Waals surface area contributed by atoms with Gasteiger partial charge in [0.05, 0.1) is 7.11 Å². The van der Waals surface area contributed by atoms with Crippen LogP contribution in [0.1, 0.15) is 31.2 Å². The lowest BCUT2D eigenvalue weighted by molar-refractivity contribution is -0.0512. The van der Waals surface area contributed by atoms with E-state index in [1.165, 1.54) is 27.3 Å². The summed E-state index contributed by atoms with van der Waals surface area (Å²) in [4.78, 5) is 23.7. The lowest BCUT2D eigenvalue weighted by Gasteiger charge is -2.30. The predicted octanol–water partition coefficient (Wildman–Crippen LogP) is 1.48. The molecule has 1 heterocycles. The molecule has 1 aromatic carbocycles. The van der Waals surface area contributed by atoms with Crippen LogP contribution in [0.5, 0.6) is 11.5 Å². The molecule has 32 heavy (non-hydrogen) atoms. The highest BCUT2D eigenvalue weighted by atomic mass is 32.2. The molecule has 1 N–H and O–H groups in total. The molecule has 1 saturated carbocycles. The lowest BCUT2D eigenvalue weighted by Crippen LogP contribution is -2.44. The van der Waals surface area contributed by atoms with E-state index in [0.717, 1.165) is 28.2 Å². The monoisotopic (exact) mass is 473 g/mol. The van der Waals surface area contributed by atoms with Gasteiger partial charge in [0.1, 0.15) is 0 Å². The van der Waals surface area contributed by atoms with Crippen molar-refractivity contribution >= 4 is 10.0 Å². The molecule has 0 saturated heterocycles. The first kappa shape index (κ1) is 23.9. The molecular formula is C20H25F2N3O6S. The molecule has 0 unspecified atom stereocenters.